The first-order valence-electron chi connectivity index (χ1n) is 8.50. The van der Waals surface area contributed by atoms with E-state index in [-0.39, 0.29) is 18.4 Å². The van der Waals surface area contributed by atoms with Crippen LogP contribution in [0.3, 0.4) is 0 Å². The van der Waals surface area contributed by atoms with Crippen molar-refractivity contribution >= 4 is 17.4 Å². The molecule has 2 N–H and O–H groups in total. The molecular formula is C20H18N4O3. The topological polar surface area (TPSA) is 85.4 Å². The summed E-state index contributed by atoms with van der Waals surface area (Å²) in [7, 11) is 0. The molecule has 0 saturated carbocycles. The second kappa shape index (κ2) is 7.33. The van der Waals surface area contributed by atoms with Gasteiger partial charge in [-0.05, 0) is 24.6 Å². The summed E-state index contributed by atoms with van der Waals surface area (Å²) in [5.41, 5.74) is 3.27. The third-order valence-corrected chi connectivity index (χ3v) is 4.10. The number of anilines is 2. The quantitative estimate of drug-likeness (QED) is 0.725. The average Bonchev–Trinajstić information content (AvgIpc) is 3.16. The zero-order valence-corrected chi connectivity index (χ0v) is 14.7. The molecule has 3 aromatic rings. The van der Waals surface area contributed by atoms with Crippen molar-refractivity contribution in [3.8, 4) is 11.5 Å². The van der Waals surface area contributed by atoms with E-state index in [1.165, 1.54) is 18.0 Å². The molecule has 4 rings (SSSR count). The first-order chi connectivity index (χ1) is 13.2. The molecule has 2 heterocycles. The highest BCUT2D eigenvalue weighted by Crippen LogP contribution is 2.34. The smallest absolute Gasteiger partial charge is 0.271 e. The van der Waals surface area contributed by atoms with E-state index >= 15 is 0 Å². The van der Waals surface area contributed by atoms with Gasteiger partial charge in [-0.2, -0.15) is 0 Å². The second-order valence-corrected chi connectivity index (χ2v) is 6.15. The van der Waals surface area contributed by atoms with Crippen LogP contribution in [0.15, 0.2) is 54.9 Å². The maximum atomic E-state index is 12.2. The van der Waals surface area contributed by atoms with Gasteiger partial charge in [0.2, 0.25) is 6.79 Å². The third-order valence-electron chi connectivity index (χ3n) is 4.10. The molecule has 136 valence electrons. The maximum absolute atomic E-state index is 12.2. The number of aromatic nitrogens is 2. The molecule has 0 saturated heterocycles. The summed E-state index contributed by atoms with van der Waals surface area (Å²) in [5, 5.41) is 5.96. The molecule has 1 aromatic heterocycles. The Bertz CT molecular complexity index is 956. The predicted octanol–water partition coefficient (Wildman–Crippen LogP) is 3.19. The zero-order chi connectivity index (χ0) is 18.6. The Balaban J connectivity index is 1.36. The summed E-state index contributed by atoms with van der Waals surface area (Å²) in [6.07, 6.45) is 2.96. The lowest BCUT2D eigenvalue weighted by Gasteiger charge is -2.08. The Morgan fingerprint density at radius 2 is 1.85 bits per heavy atom. The number of hydrogen-bond acceptors (Lipinski definition) is 6. The minimum absolute atomic E-state index is 0.227. The van der Waals surface area contributed by atoms with E-state index in [0.29, 0.717) is 23.9 Å². The molecule has 0 atom stereocenters. The van der Waals surface area contributed by atoms with Crippen molar-refractivity contribution in [2.24, 2.45) is 0 Å². The van der Waals surface area contributed by atoms with Crippen LogP contribution in [0.2, 0.25) is 0 Å². The van der Waals surface area contributed by atoms with Gasteiger partial charge in [-0.1, -0.05) is 29.8 Å². The standard InChI is InChI=1S/C20H18N4O3/c1-13-2-4-14(5-3-13)9-23-20(25)16-10-22-19(11-21-16)24-15-6-7-17-18(8-15)27-12-26-17/h2-8,10-11H,9,12H2,1H3,(H,22,24)(H,23,25). The lowest BCUT2D eigenvalue weighted by Crippen LogP contribution is -2.24. The first-order valence-corrected chi connectivity index (χ1v) is 8.50. The van der Waals surface area contributed by atoms with Crippen molar-refractivity contribution in [3.05, 3.63) is 71.7 Å². The van der Waals surface area contributed by atoms with Crippen molar-refractivity contribution in [2.45, 2.75) is 13.5 Å². The van der Waals surface area contributed by atoms with E-state index in [1.54, 1.807) is 0 Å². The van der Waals surface area contributed by atoms with Crippen molar-refractivity contribution in [2.75, 3.05) is 12.1 Å². The van der Waals surface area contributed by atoms with E-state index < -0.39 is 0 Å². The van der Waals surface area contributed by atoms with E-state index in [0.717, 1.165) is 11.3 Å². The summed E-state index contributed by atoms with van der Waals surface area (Å²) in [6.45, 7) is 2.69. The number of carbonyl (C=O) groups is 1. The van der Waals surface area contributed by atoms with Crippen LogP contribution in [0, 0.1) is 6.92 Å². The van der Waals surface area contributed by atoms with Crippen molar-refractivity contribution in [1.82, 2.24) is 15.3 Å². The highest BCUT2D eigenvalue weighted by Gasteiger charge is 2.13. The fraction of sp³-hybridized carbons (Fsp3) is 0.150. The van der Waals surface area contributed by atoms with E-state index in [4.69, 9.17) is 9.47 Å². The maximum Gasteiger partial charge on any atom is 0.271 e. The summed E-state index contributed by atoms with van der Waals surface area (Å²) in [6, 6.07) is 13.5. The molecule has 7 nitrogen and oxygen atoms in total. The van der Waals surface area contributed by atoms with Crippen LogP contribution >= 0.6 is 0 Å². The Kier molecular flexibility index (Phi) is 4.57. The van der Waals surface area contributed by atoms with Crippen LogP contribution in [0.5, 0.6) is 11.5 Å². The highest BCUT2D eigenvalue weighted by molar-refractivity contribution is 5.92. The fourth-order valence-electron chi connectivity index (χ4n) is 2.61. The Hall–Kier alpha value is -3.61. The van der Waals surface area contributed by atoms with Crippen LogP contribution in [-0.4, -0.2) is 22.7 Å². The molecule has 0 spiro atoms. The number of carbonyl (C=O) groups excluding carboxylic acids is 1. The molecule has 27 heavy (non-hydrogen) atoms. The van der Waals surface area contributed by atoms with Crippen molar-refractivity contribution < 1.29 is 14.3 Å². The molecule has 1 aliphatic heterocycles. The summed E-state index contributed by atoms with van der Waals surface area (Å²) < 4.78 is 10.6. The first kappa shape index (κ1) is 16.8. The van der Waals surface area contributed by atoms with Crippen LogP contribution in [-0.2, 0) is 6.54 Å². The van der Waals surface area contributed by atoms with Crippen LogP contribution in [0.25, 0.3) is 0 Å². The Labute approximate surface area is 156 Å². The van der Waals surface area contributed by atoms with Crippen LogP contribution in [0.1, 0.15) is 21.6 Å². The Morgan fingerprint density at radius 3 is 2.63 bits per heavy atom. The summed E-state index contributed by atoms with van der Waals surface area (Å²) in [5.74, 6) is 1.66. The number of amides is 1. The van der Waals surface area contributed by atoms with Gasteiger partial charge in [0, 0.05) is 18.3 Å². The highest BCUT2D eigenvalue weighted by atomic mass is 16.7. The van der Waals surface area contributed by atoms with Gasteiger partial charge in [-0.3, -0.25) is 4.79 Å². The summed E-state index contributed by atoms with van der Waals surface area (Å²) in [4.78, 5) is 20.6. The van der Waals surface area contributed by atoms with Gasteiger partial charge >= 0.3 is 0 Å². The molecule has 0 bridgehead atoms. The second-order valence-electron chi connectivity index (χ2n) is 6.15. The fourth-order valence-corrected chi connectivity index (χ4v) is 2.61. The number of rotatable bonds is 5. The van der Waals surface area contributed by atoms with Crippen molar-refractivity contribution in [3.63, 3.8) is 0 Å². The number of fused-ring (bicyclic) bond motifs is 1. The molecule has 0 aliphatic carbocycles. The SMILES string of the molecule is Cc1ccc(CNC(=O)c2cnc(Nc3ccc4c(c3)OCO4)cn2)cc1. The Morgan fingerprint density at radius 1 is 1.04 bits per heavy atom. The van der Waals surface area contributed by atoms with Gasteiger partial charge in [0.15, 0.2) is 11.5 Å². The van der Waals surface area contributed by atoms with Gasteiger partial charge in [0.25, 0.3) is 5.91 Å². The number of benzene rings is 2. The number of hydrogen-bond donors (Lipinski definition) is 2. The largest absolute Gasteiger partial charge is 0.454 e. The number of ether oxygens (including phenoxy) is 2. The van der Waals surface area contributed by atoms with Crippen LogP contribution < -0.4 is 20.1 Å². The van der Waals surface area contributed by atoms with Crippen LogP contribution in [0.4, 0.5) is 11.5 Å². The molecule has 0 unspecified atom stereocenters. The molecular weight excluding hydrogens is 344 g/mol. The zero-order valence-electron chi connectivity index (χ0n) is 14.7. The third kappa shape index (κ3) is 3.98. The van der Waals surface area contributed by atoms with Gasteiger partial charge in [-0.25, -0.2) is 9.97 Å². The van der Waals surface area contributed by atoms with Gasteiger partial charge < -0.3 is 20.1 Å². The normalized spacial score (nSPS) is 11.9. The molecule has 1 aliphatic rings. The number of aryl methyl sites for hydroxylation is 1. The molecule has 2 aromatic carbocycles. The lowest BCUT2D eigenvalue weighted by molar-refractivity contribution is 0.0945. The number of nitrogens with zero attached hydrogens (tertiary/aromatic N) is 2. The summed E-state index contributed by atoms with van der Waals surface area (Å²) >= 11 is 0. The van der Waals surface area contributed by atoms with E-state index in [2.05, 4.69) is 20.6 Å². The lowest BCUT2D eigenvalue weighted by atomic mass is 10.1. The predicted molar refractivity (Wildman–Crippen MR) is 100 cm³/mol. The number of nitrogens with one attached hydrogen (secondary N) is 2. The van der Waals surface area contributed by atoms with Gasteiger partial charge in [0.05, 0.1) is 12.4 Å². The minimum atomic E-state index is -0.266. The monoisotopic (exact) mass is 362 g/mol. The van der Waals surface area contributed by atoms with E-state index in [1.807, 2.05) is 49.4 Å². The molecule has 0 fully saturated rings. The molecule has 1 amide bonds. The minimum Gasteiger partial charge on any atom is -0.454 e. The average molecular weight is 362 g/mol. The molecule has 0 radical (unpaired) electrons. The molecule has 7 heteroatoms. The van der Waals surface area contributed by atoms with Gasteiger partial charge in [-0.15, -0.1) is 0 Å². The van der Waals surface area contributed by atoms with Crippen molar-refractivity contribution in [1.29, 1.82) is 0 Å². The van der Waals surface area contributed by atoms with Gasteiger partial charge in [0.1, 0.15) is 11.5 Å². The van der Waals surface area contributed by atoms with E-state index in [9.17, 15) is 4.79 Å².